The Morgan fingerprint density at radius 2 is 1.79 bits per heavy atom. The van der Waals surface area contributed by atoms with Crippen molar-refractivity contribution in [2.45, 2.75) is 26.3 Å². The van der Waals surface area contributed by atoms with Crippen LogP contribution >= 0.6 is 0 Å². The molecule has 1 amide bonds. The van der Waals surface area contributed by atoms with Crippen molar-refractivity contribution in [2.75, 3.05) is 12.4 Å². The molecule has 0 aromatic heterocycles. The zero-order chi connectivity index (χ0) is 14.4. The Hall–Kier alpha value is -2.04. The van der Waals surface area contributed by atoms with Gasteiger partial charge in [-0.25, -0.2) is 4.79 Å². The van der Waals surface area contributed by atoms with Crippen molar-refractivity contribution in [2.24, 2.45) is 5.92 Å². The van der Waals surface area contributed by atoms with E-state index in [1.54, 1.807) is 31.3 Å². The SMILES string of the molecule is CNC(=O)c1ccc(N[C@@H](CC(C)C)C(=O)O)cc1. The number of aliphatic carboxylic acids is 1. The lowest BCUT2D eigenvalue weighted by Gasteiger charge is -2.17. The number of carbonyl (C=O) groups excluding carboxylic acids is 1. The van der Waals surface area contributed by atoms with E-state index in [0.717, 1.165) is 0 Å². The molecular formula is C14H20N2O3. The maximum Gasteiger partial charge on any atom is 0.326 e. The normalized spacial score (nSPS) is 12.0. The number of amides is 1. The van der Waals surface area contributed by atoms with Crippen molar-refractivity contribution in [3.63, 3.8) is 0 Å². The van der Waals surface area contributed by atoms with Gasteiger partial charge in [-0.15, -0.1) is 0 Å². The first-order chi connectivity index (χ1) is 8.93. The smallest absolute Gasteiger partial charge is 0.326 e. The van der Waals surface area contributed by atoms with Crippen LogP contribution in [0.4, 0.5) is 5.69 Å². The number of hydrogen-bond donors (Lipinski definition) is 3. The quantitative estimate of drug-likeness (QED) is 0.734. The van der Waals surface area contributed by atoms with E-state index < -0.39 is 12.0 Å². The molecule has 1 aromatic rings. The van der Waals surface area contributed by atoms with Gasteiger partial charge in [0.25, 0.3) is 5.91 Å². The van der Waals surface area contributed by atoms with E-state index in [-0.39, 0.29) is 5.91 Å². The molecule has 1 atom stereocenters. The number of anilines is 1. The summed E-state index contributed by atoms with van der Waals surface area (Å²) in [6.45, 7) is 3.96. The highest BCUT2D eigenvalue weighted by Crippen LogP contribution is 2.14. The Morgan fingerprint density at radius 1 is 1.21 bits per heavy atom. The summed E-state index contributed by atoms with van der Waals surface area (Å²) in [6.07, 6.45) is 0.548. The highest BCUT2D eigenvalue weighted by Gasteiger charge is 2.18. The van der Waals surface area contributed by atoms with Gasteiger partial charge >= 0.3 is 5.97 Å². The lowest BCUT2D eigenvalue weighted by Crippen LogP contribution is -2.30. The van der Waals surface area contributed by atoms with Crippen LogP contribution in [-0.2, 0) is 4.79 Å². The number of nitrogens with one attached hydrogen (secondary N) is 2. The van der Waals surface area contributed by atoms with Crippen molar-refractivity contribution in [1.29, 1.82) is 0 Å². The summed E-state index contributed by atoms with van der Waals surface area (Å²) in [5, 5.41) is 14.6. The third-order valence-corrected chi connectivity index (χ3v) is 2.72. The summed E-state index contributed by atoms with van der Waals surface area (Å²) in [4.78, 5) is 22.5. The molecule has 0 spiro atoms. The number of carboxylic acids is 1. The van der Waals surface area contributed by atoms with Crippen LogP contribution < -0.4 is 10.6 Å². The van der Waals surface area contributed by atoms with Crippen LogP contribution in [0.5, 0.6) is 0 Å². The monoisotopic (exact) mass is 264 g/mol. The maximum absolute atomic E-state index is 11.4. The van der Waals surface area contributed by atoms with Gasteiger partial charge in [-0.1, -0.05) is 13.8 Å². The summed E-state index contributed by atoms with van der Waals surface area (Å²) in [5.74, 6) is -0.744. The fourth-order valence-corrected chi connectivity index (χ4v) is 1.76. The number of carboxylic acid groups (broad SMARTS) is 1. The molecule has 0 heterocycles. The molecule has 0 aliphatic rings. The van der Waals surface area contributed by atoms with Crippen LogP contribution in [0.3, 0.4) is 0 Å². The molecule has 5 heteroatoms. The van der Waals surface area contributed by atoms with Gasteiger partial charge in [0.05, 0.1) is 0 Å². The van der Waals surface area contributed by atoms with E-state index in [4.69, 9.17) is 5.11 Å². The molecule has 19 heavy (non-hydrogen) atoms. The largest absolute Gasteiger partial charge is 0.480 e. The van der Waals surface area contributed by atoms with Crippen LogP contribution in [0.25, 0.3) is 0 Å². The van der Waals surface area contributed by atoms with Crippen LogP contribution in [0.2, 0.25) is 0 Å². The van der Waals surface area contributed by atoms with Crippen LogP contribution in [0, 0.1) is 5.92 Å². The molecular weight excluding hydrogens is 244 g/mol. The zero-order valence-corrected chi connectivity index (χ0v) is 11.4. The second-order valence-electron chi connectivity index (χ2n) is 4.82. The fourth-order valence-electron chi connectivity index (χ4n) is 1.76. The molecule has 0 aliphatic carbocycles. The third kappa shape index (κ3) is 4.62. The van der Waals surface area contributed by atoms with E-state index in [1.165, 1.54) is 0 Å². The van der Waals surface area contributed by atoms with Gasteiger partial charge in [0.1, 0.15) is 6.04 Å². The molecule has 3 N–H and O–H groups in total. The van der Waals surface area contributed by atoms with E-state index in [0.29, 0.717) is 23.6 Å². The van der Waals surface area contributed by atoms with E-state index >= 15 is 0 Å². The van der Waals surface area contributed by atoms with Crippen molar-refractivity contribution < 1.29 is 14.7 Å². The predicted molar refractivity (Wildman–Crippen MR) is 74.3 cm³/mol. The maximum atomic E-state index is 11.4. The van der Waals surface area contributed by atoms with Crippen LogP contribution in [-0.4, -0.2) is 30.1 Å². The number of rotatable bonds is 6. The van der Waals surface area contributed by atoms with Gasteiger partial charge in [0, 0.05) is 18.3 Å². The van der Waals surface area contributed by atoms with Gasteiger partial charge in [0.2, 0.25) is 0 Å². The Balaban J connectivity index is 2.75. The molecule has 0 saturated carbocycles. The fraction of sp³-hybridized carbons (Fsp3) is 0.429. The standard InChI is InChI=1S/C14H20N2O3/c1-9(2)8-12(14(18)19)16-11-6-4-10(5-7-11)13(17)15-3/h4-7,9,12,16H,8H2,1-3H3,(H,15,17)(H,18,19)/t12-/m0/s1. The number of benzene rings is 1. The summed E-state index contributed by atoms with van der Waals surface area (Å²) in [5.41, 5.74) is 1.24. The van der Waals surface area contributed by atoms with Crippen molar-refractivity contribution in [3.05, 3.63) is 29.8 Å². The van der Waals surface area contributed by atoms with E-state index in [1.807, 2.05) is 13.8 Å². The summed E-state index contributed by atoms with van der Waals surface area (Å²) >= 11 is 0. The first kappa shape index (κ1) is 15.0. The molecule has 0 radical (unpaired) electrons. The zero-order valence-electron chi connectivity index (χ0n) is 11.4. The first-order valence-corrected chi connectivity index (χ1v) is 6.25. The topological polar surface area (TPSA) is 78.4 Å². The summed E-state index contributed by atoms with van der Waals surface area (Å²) < 4.78 is 0. The van der Waals surface area contributed by atoms with Crippen LogP contribution in [0.15, 0.2) is 24.3 Å². The predicted octanol–water partition coefficient (Wildman–Crippen LogP) is 1.96. The highest BCUT2D eigenvalue weighted by atomic mass is 16.4. The van der Waals surface area contributed by atoms with Gasteiger partial charge in [-0.05, 0) is 36.6 Å². The number of carbonyl (C=O) groups is 2. The second kappa shape index (κ2) is 6.78. The van der Waals surface area contributed by atoms with Crippen molar-refractivity contribution >= 4 is 17.6 Å². The summed E-state index contributed by atoms with van der Waals surface area (Å²) in [7, 11) is 1.57. The average molecular weight is 264 g/mol. The van der Waals surface area contributed by atoms with E-state index in [9.17, 15) is 9.59 Å². The Kier molecular flexibility index (Phi) is 5.36. The molecule has 1 aromatic carbocycles. The Labute approximate surface area is 113 Å². The van der Waals surface area contributed by atoms with Crippen LogP contribution in [0.1, 0.15) is 30.6 Å². The molecule has 104 valence electrons. The minimum Gasteiger partial charge on any atom is -0.480 e. The first-order valence-electron chi connectivity index (χ1n) is 6.25. The molecule has 0 unspecified atom stereocenters. The van der Waals surface area contributed by atoms with Gasteiger partial charge in [-0.2, -0.15) is 0 Å². The Bertz CT molecular complexity index is 441. The van der Waals surface area contributed by atoms with Crippen molar-refractivity contribution in [1.82, 2.24) is 5.32 Å². The number of hydrogen-bond acceptors (Lipinski definition) is 3. The van der Waals surface area contributed by atoms with Gasteiger partial charge < -0.3 is 15.7 Å². The minimum absolute atomic E-state index is 0.163. The van der Waals surface area contributed by atoms with Gasteiger partial charge in [-0.3, -0.25) is 4.79 Å². The molecule has 0 bridgehead atoms. The molecule has 5 nitrogen and oxygen atoms in total. The average Bonchev–Trinajstić information content (AvgIpc) is 2.37. The molecule has 1 rings (SSSR count). The second-order valence-corrected chi connectivity index (χ2v) is 4.82. The van der Waals surface area contributed by atoms with Gasteiger partial charge in [0.15, 0.2) is 0 Å². The molecule has 0 aliphatic heterocycles. The molecule has 0 fully saturated rings. The lowest BCUT2D eigenvalue weighted by atomic mass is 10.0. The minimum atomic E-state index is -0.871. The highest BCUT2D eigenvalue weighted by molar-refractivity contribution is 5.94. The van der Waals surface area contributed by atoms with Crippen molar-refractivity contribution in [3.8, 4) is 0 Å². The van der Waals surface area contributed by atoms with E-state index in [2.05, 4.69) is 10.6 Å². The molecule has 0 saturated heterocycles. The third-order valence-electron chi connectivity index (χ3n) is 2.72. The summed E-state index contributed by atoms with van der Waals surface area (Å²) in [6, 6.07) is 6.12. The Morgan fingerprint density at radius 3 is 2.21 bits per heavy atom. The lowest BCUT2D eigenvalue weighted by molar-refractivity contribution is -0.138.